The molecule has 2 amide bonds. The third kappa shape index (κ3) is 2.85. The van der Waals surface area contributed by atoms with Crippen molar-refractivity contribution in [3.63, 3.8) is 0 Å². The molecule has 0 radical (unpaired) electrons. The number of nitrogens with one attached hydrogen (secondary N) is 2. The molecule has 0 fully saturated rings. The highest BCUT2D eigenvalue weighted by molar-refractivity contribution is 7.16. The molecule has 0 aromatic carbocycles. The molecule has 7 nitrogen and oxygen atoms in total. The molecule has 1 atom stereocenters. The molecule has 2 aromatic heterocycles. The van der Waals surface area contributed by atoms with Gasteiger partial charge in [0.2, 0.25) is 11.8 Å². The van der Waals surface area contributed by atoms with Crippen LogP contribution in [0.2, 0.25) is 0 Å². The van der Waals surface area contributed by atoms with Gasteiger partial charge in [0.05, 0.1) is 11.7 Å². The van der Waals surface area contributed by atoms with Crippen molar-refractivity contribution in [2.24, 2.45) is 0 Å². The van der Waals surface area contributed by atoms with Crippen LogP contribution in [0.3, 0.4) is 0 Å². The first kappa shape index (κ1) is 14.2. The molecule has 0 unspecified atom stereocenters. The van der Waals surface area contributed by atoms with Crippen LogP contribution in [0.5, 0.6) is 0 Å². The molecular weight excluding hydrogens is 280 g/mol. The molecule has 2 heterocycles. The number of fused-ring (bicyclic) bond motifs is 1. The largest absolute Gasteiger partial charge is 0.357 e. The summed E-state index contributed by atoms with van der Waals surface area (Å²) in [5.74, 6) is -0.711. The fourth-order valence-electron chi connectivity index (χ4n) is 1.73. The predicted molar refractivity (Wildman–Crippen MR) is 75.6 cm³/mol. The Bertz CT molecular complexity index is 706. The first-order valence-electron chi connectivity index (χ1n) is 5.96. The average Bonchev–Trinajstić information content (AvgIpc) is 2.90. The Kier molecular flexibility index (Phi) is 4.14. The van der Waals surface area contributed by atoms with Crippen LogP contribution in [0.15, 0.2) is 22.6 Å². The van der Waals surface area contributed by atoms with E-state index in [0.717, 1.165) is 0 Å². The van der Waals surface area contributed by atoms with Crippen LogP contribution in [0, 0.1) is 0 Å². The van der Waals surface area contributed by atoms with Crippen molar-refractivity contribution in [2.45, 2.75) is 19.5 Å². The van der Waals surface area contributed by atoms with Gasteiger partial charge in [-0.05, 0) is 18.4 Å². The highest BCUT2D eigenvalue weighted by atomic mass is 32.1. The average molecular weight is 294 g/mol. The molecule has 0 saturated carbocycles. The highest BCUT2D eigenvalue weighted by Gasteiger charge is 2.15. The van der Waals surface area contributed by atoms with E-state index >= 15 is 0 Å². The molecule has 106 valence electrons. The van der Waals surface area contributed by atoms with Gasteiger partial charge in [-0.2, -0.15) is 0 Å². The Morgan fingerprint density at radius 1 is 1.50 bits per heavy atom. The summed E-state index contributed by atoms with van der Waals surface area (Å²) in [6.07, 6.45) is 1.34. The second-order valence-corrected chi connectivity index (χ2v) is 5.12. The minimum atomic E-state index is -0.652. The number of likely N-dealkylation sites (N-methyl/N-ethyl adjacent to an activating group) is 1. The Hall–Kier alpha value is -2.22. The topological polar surface area (TPSA) is 93.1 Å². The summed E-state index contributed by atoms with van der Waals surface area (Å²) in [5, 5.41) is 7.21. The molecule has 8 heteroatoms. The van der Waals surface area contributed by atoms with Crippen LogP contribution in [0.1, 0.15) is 6.92 Å². The van der Waals surface area contributed by atoms with Gasteiger partial charge in [0.25, 0.3) is 5.56 Å². The van der Waals surface area contributed by atoms with Crippen LogP contribution in [0.4, 0.5) is 0 Å². The van der Waals surface area contributed by atoms with Gasteiger partial charge >= 0.3 is 0 Å². The third-order valence-electron chi connectivity index (χ3n) is 2.78. The monoisotopic (exact) mass is 294 g/mol. The fraction of sp³-hybridized carbons (Fsp3) is 0.333. The summed E-state index contributed by atoms with van der Waals surface area (Å²) >= 11 is 1.37. The van der Waals surface area contributed by atoms with Gasteiger partial charge in [0.15, 0.2) is 0 Å². The molecule has 2 N–H and O–H groups in total. The van der Waals surface area contributed by atoms with Crippen LogP contribution in [0.25, 0.3) is 10.2 Å². The van der Waals surface area contributed by atoms with Crippen LogP contribution >= 0.6 is 11.3 Å². The van der Waals surface area contributed by atoms with Crippen molar-refractivity contribution in [1.82, 2.24) is 20.2 Å². The lowest BCUT2D eigenvalue weighted by Crippen LogP contribution is -2.45. The Labute approximate surface area is 118 Å². The predicted octanol–water partition coefficient (Wildman–Crippen LogP) is -0.291. The molecule has 2 rings (SSSR count). The minimum Gasteiger partial charge on any atom is -0.357 e. The molecule has 0 aliphatic heterocycles. The summed E-state index contributed by atoms with van der Waals surface area (Å²) < 4.78 is 1.22. The van der Waals surface area contributed by atoms with E-state index in [1.54, 1.807) is 18.4 Å². The third-order valence-corrected chi connectivity index (χ3v) is 3.60. The van der Waals surface area contributed by atoms with Crippen LogP contribution in [-0.4, -0.2) is 34.5 Å². The Morgan fingerprint density at radius 3 is 2.95 bits per heavy atom. The second-order valence-electron chi connectivity index (χ2n) is 4.22. The lowest BCUT2D eigenvalue weighted by molar-refractivity contribution is -0.128. The standard InChI is InChI=1S/C12H14N4O3S/c1-7(10(18)13-2)15-9(17)5-16-6-14-11-8(12(16)19)3-4-20-11/h3-4,6-7H,5H2,1-2H3,(H,13,18)(H,15,17)/t7-/m1/s1. The number of hydrogen-bond acceptors (Lipinski definition) is 5. The lowest BCUT2D eigenvalue weighted by atomic mass is 10.3. The Morgan fingerprint density at radius 2 is 2.25 bits per heavy atom. The van der Waals surface area contributed by atoms with Crippen molar-refractivity contribution < 1.29 is 9.59 Å². The maximum atomic E-state index is 12.1. The maximum Gasteiger partial charge on any atom is 0.262 e. The zero-order chi connectivity index (χ0) is 14.7. The number of carbonyl (C=O) groups excluding carboxylic acids is 2. The first-order chi connectivity index (χ1) is 9.52. The first-order valence-corrected chi connectivity index (χ1v) is 6.84. The highest BCUT2D eigenvalue weighted by Crippen LogP contribution is 2.13. The van der Waals surface area contributed by atoms with E-state index in [2.05, 4.69) is 15.6 Å². The molecular formula is C12H14N4O3S. The van der Waals surface area contributed by atoms with E-state index in [9.17, 15) is 14.4 Å². The van der Waals surface area contributed by atoms with Gasteiger partial charge in [-0.25, -0.2) is 4.98 Å². The van der Waals surface area contributed by atoms with Crippen molar-refractivity contribution in [3.05, 3.63) is 28.1 Å². The molecule has 0 bridgehead atoms. The van der Waals surface area contributed by atoms with E-state index in [4.69, 9.17) is 0 Å². The number of nitrogens with zero attached hydrogens (tertiary/aromatic N) is 2. The van der Waals surface area contributed by atoms with Gasteiger partial charge < -0.3 is 10.6 Å². The van der Waals surface area contributed by atoms with Crippen LogP contribution in [-0.2, 0) is 16.1 Å². The van der Waals surface area contributed by atoms with E-state index in [0.29, 0.717) is 10.2 Å². The molecule has 0 saturated heterocycles. The summed E-state index contributed by atoms with van der Waals surface area (Å²) in [6.45, 7) is 1.40. The number of aromatic nitrogens is 2. The summed E-state index contributed by atoms with van der Waals surface area (Å²) in [7, 11) is 1.49. The van der Waals surface area contributed by atoms with Crippen LogP contribution < -0.4 is 16.2 Å². The molecule has 0 aliphatic rings. The van der Waals surface area contributed by atoms with Gasteiger partial charge in [-0.1, -0.05) is 0 Å². The van der Waals surface area contributed by atoms with Crippen molar-refractivity contribution in [2.75, 3.05) is 7.05 Å². The summed E-state index contributed by atoms with van der Waals surface area (Å²) in [5.41, 5.74) is -0.265. The second kappa shape index (κ2) is 5.83. The fourth-order valence-corrected chi connectivity index (χ4v) is 2.45. The molecule has 2 aromatic rings. The van der Waals surface area contributed by atoms with Gasteiger partial charge in [0, 0.05) is 7.05 Å². The van der Waals surface area contributed by atoms with Crippen molar-refractivity contribution in [3.8, 4) is 0 Å². The van der Waals surface area contributed by atoms with Gasteiger partial charge in [-0.15, -0.1) is 11.3 Å². The number of rotatable bonds is 4. The zero-order valence-electron chi connectivity index (χ0n) is 11.0. The summed E-state index contributed by atoms with van der Waals surface area (Å²) in [6, 6.07) is 1.03. The smallest absolute Gasteiger partial charge is 0.262 e. The Balaban J connectivity index is 2.12. The molecule has 20 heavy (non-hydrogen) atoms. The number of amides is 2. The normalized spacial score (nSPS) is 12.1. The van der Waals surface area contributed by atoms with Gasteiger partial charge in [-0.3, -0.25) is 19.0 Å². The SMILES string of the molecule is CNC(=O)[C@@H](C)NC(=O)Cn1cnc2sccc2c1=O. The lowest BCUT2D eigenvalue weighted by Gasteiger charge is -2.12. The summed E-state index contributed by atoms with van der Waals surface area (Å²) in [4.78, 5) is 39.9. The molecule has 0 spiro atoms. The zero-order valence-corrected chi connectivity index (χ0v) is 11.9. The number of carbonyl (C=O) groups is 2. The molecule has 0 aliphatic carbocycles. The van der Waals surface area contributed by atoms with E-state index < -0.39 is 11.9 Å². The van der Waals surface area contributed by atoms with Crippen molar-refractivity contribution >= 4 is 33.4 Å². The number of thiophene rings is 1. The van der Waals surface area contributed by atoms with Crippen molar-refractivity contribution in [1.29, 1.82) is 0 Å². The van der Waals surface area contributed by atoms with E-state index in [1.807, 2.05) is 0 Å². The maximum absolute atomic E-state index is 12.1. The number of hydrogen-bond donors (Lipinski definition) is 2. The quantitative estimate of drug-likeness (QED) is 0.810. The van der Waals surface area contributed by atoms with E-state index in [-0.39, 0.29) is 18.0 Å². The van der Waals surface area contributed by atoms with Gasteiger partial charge in [0.1, 0.15) is 17.4 Å². The van der Waals surface area contributed by atoms with E-state index in [1.165, 1.54) is 29.3 Å². The minimum absolute atomic E-state index is 0.168.